The zero-order valence-corrected chi connectivity index (χ0v) is 12.1. The van der Waals surface area contributed by atoms with E-state index in [0.717, 1.165) is 13.1 Å². The lowest BCUT2D eigenvalue weighted by Crippen LogP contribution is -2.48. The predicted octanol–water partition coefficient (Wildman–Crippen LogP) is 0.975. The molecule has 2 aromatic rings. The number of hydrogen-bond acceptors (Lipinski definition) is 4. The molecule has 0 saturated carbocycles. The zero-order chi connectivity index (χ0) is 15.7. The minimum atomic E-state index is -0.414. The monoisotopic (exact) mass is 304 g/mol. The summed E-state index contributed by atoms with van der Waals surface area (Å²) in [4.78, 5) is 12.1. The van der Waals surface area contributed by atoms with Crippen molar-refractivity contribution in [3.63, 3.8) is 0 Å². The highest BCUT2D eigenvalue weighted by Crippen LogP contribution is 2.21. The quantitative estimate of drug-likeness (QED) is 0.786. The van der Waals surface area contributed by atoms with Gasteiger partial charge in [0.15, 0.2) is 11.4 Å². The number of rotatable bonds is 4. The smallest absolute Gasteiger partial charge is 0.275 e. The molecule has 1 saturated heterocycles. The van der Waals surface area contributed by atoms with E-state index in [2.05, 4.69) is 15.7 Å². The van der Waals surface area contributed by atoms with E-state index in [9.17, 15) is 14.3 Å². The fourth-order valence-electron chi connectivity index (χ4n) is 2.34. The van der Waals surface area contributed by atoms with E-state index in [1.807, 2.05) is 0 Å². The van der Waals surface area contributed by atoms with Gasteiger partial charge in [0.25, 0.3) is 5.91 Å². The van der Waals surface area contributed by atoms with Crippen LogP contribution >= 0.6 is 0 Å². The summed E-state index contributed by atoms with van der Waals surface area (Å²) in [5.74, 6) is -0.534. The molecule has 0 bridgehead atoms. The summed E-state index contributed by atoms with van der Waals surface area (Å²) in [6.45, 7) is 4.05. The Kier molecular flexibility index (Phi) is 3.81. The maximum Gasteiger partial charge on any atom is 0.275 e. The molecule has 1 fully saturated rings. The van der Waals surface area contributed by atoms with E-state index in [0.29, 0.717) is 23.7 Å². The molecule has 7 heteroatoms. The van der Waals surface area contributed by atoms with Crippen molar-refractivity contribution in [2.75, 3.05) is 19.6 Å². The van der Waals surface area contributed by atoms with Gasteiger partial charge in [0.2, 0.25) is 0 Å². The van der Waals surface area contributed by atoms with Crippen LogP contribution < -0.4 is 10.6 Å². The Morgan fingerprint density at radius 3 is 2.95 bits per heavy atom. The van der Waals surface area contributed by atoms with Gasteiger partial charge in [-0.3, -0.25) is 4.79 Å². The van der Waals surface area contributed by atoms with Crippen LogP contribution in [0.1, 0.15) is 16.1 Å². The van der Waals surface area contributed by atoms with Crippen LogP contribution in [-0.2, 0) is 0 Å². The number of nitrogens with one attached hydrogen (secondary N) is 2. The molecule has 1 amide bonds. The van der Waals surface area contributed by atoms with Gasteiger partial charge in [-0.25, -0.2) is 9.07 Å². The van der Waals surface area contributed by atoms with E-state index in [1.54, 1.807) is 13.0 Å². The van der Waals surface area contributed by atoms with E-state index < -0.39 is 5.91 Å². The first-order valence-electron chi connectivity index (χ1n) is 7.08. The maximum absolute atomic E-state index is 13.1. The van der Waals surface area contributed by atoms with Crippen molar-refractivity contribution < 1.29 is 14.3 Å². The number of hydrogen-bond donors (Lipinski definition) is 3. The van der Waals surface area contributed by atoms with Crippen LogP contribution in [0.3, 0.4) is 0 Å². The van der Waals surface area contributed by atoms with Gasteiger partial charge < -0.3 is 15.7 Å². The molecule has 3 N–H and O–H groups in total. The third-order valence-corrected chi connectivity index (χ3v) is 3.73. The fourth-order valence-corrected chi connectivity index (χ4v) is 2.34. The molecule has 116 valence electrons. The van der Waals surface area contributed by atoms with Crippen LogP contribution in [-0.4, -0.2) is 40.4 Å². The Bertz CT molecular complexity index is 710. The van der Waals surface area contributed by atoms with Gasteiger partial charge in [-0.2, -0.15) is 5.10 Å². The van der Waals surface area contributed by atoms with E-state index >= 15 is 0 Å². The first-order valence-corrected chi connectivity index (χ1v) is 7.08. The zero-order valence-electron chi connectivity index (χ0n) is 12.1. The second-order valence-electron chi connectivity index (χ2n) is 5.47. The van der Waals surface area contributed by atoms with Gasteiger partial charge in [0.05, 0.1) is 11.9 Å². The molecule has 0 unspecified atom stereocenters. The van der Waals surface area contributed by atoms with Gasteiger partial charge in [0, 0.05) is 25.6 Å². The minimum absolute atomic E-state index is 0.0315. The van der Waals surface area contributed by atoms with Gasteiger partial charge in [-0.1, -0.05) is 0 Å². The number of aryl methyl sites for hydroxylation is 1. The number of amides is 1. The number of halogens is 1. The van der Waals surface area contributed by atoms with Crippen molar-refractivity contribution in [2.24, 2.45) is 5.92 Å². The molecule has 0 atom stereocenters. The van der Waals surface area contributed by atoms with Crippen LogP contribution in [0.2, 0.25) is 0 Å². The second kappa shape index (κ2) is 5.76. The summed E-state index contributed by atoms with van der Waals surface area (Å²) in [6.07, 6.45) is 1.35. The molecular formula is C15H17FN4O2. The number of aromatic hydroxyl groups is 1. The third-order valence-electron chi connectivity index (χ3n) is 3.73. The largest absolute Gasteiger partial charge is 0.504 e. The van der Waals surface area contributed by atoms with E-state index in [4.69, 9.17) is 0 Å². The summed E-state index contributed by atoms with van der Waals surface area (Å²) in [5, 5.41) is 19.9. The third kappa shape index (κ3) is 2.80. The van der Waals surface area contributed by atoms with Crippen LogP contribution in [0, 0.1) is 18.7 Å². The number of carbonyl (C=O) groups excluding carboxylic acids is 1. The molecule has 0 radical (unpaired) electrons. The normalized spacial score (nSPS) is 14.6. The molecule has 22 heavy (non-hydrogen) atoms. The van der Waals surface area contributed by atoms with Crippen molar-refractivity contribution in [1.29, 1.82) is 0 Å². The highest BCUT2D eigenvalue weighted by molar-refractivity contribution is 5.94. The molecule has 1 aliphatic heterocycles. The highest BCUT2D eigenvalue weighted by atomic mass is 19.1. The van der Waals surface area contributed by atoms with Crippen molar-refractivity contribution >= 4 is 5.91 Å². The van der Waals surface area contributed by atoms with Crippen LogP contribution in [0.5, 0.6) is 5.75 Å². The summed E-state index contributed by atoms with van der Waals surface area (Å²) >= 11 is 0. The molecule has 0 aliphatic carbocycles. The lowest BCUT2D eigenvalue weighted by atomic mass is 10.0. The molecule has 0 spiro atoms. The highest BCUT2D eigenvalue weighted by Gasteiger charge is 2.21. The van der Waals surface area contributed by atoms with E-state index in [-0.39, 0.29) is 17.3 Å². The number of carbonyl (C=O) groups is 1. The summed E-state index contributed by atoms with van der Waals surface area (Å²) in [6, 6.07) is 4.24. The van der Waals surface area contributed by atoms with Crippen molar-refractivity contribution in [3.05, 3.63) is 41.5 Å². The number of nitrogens with zero attached hydrogens (tertiary/aromatic N) is 2. The molecule has 1 aliphatic rings. The second-order valence-corrected chi connectivity index (χ2v) is 5.47. The predicted molar refractivity (Wildman–Crippen MR) is 78.6 cm³/mol. The Labute approximate surface area is 127 Å². The Morgan fingerprint density at radius 2 is 2.32 bits per heavy atom. The Morgan fingerprint density at radius 1 is 1.55 bits per heavy atom. The van der Waals surface area contributed by atoms with Gasteiger partial charge in [-0.05, 0) is 30.7 Å². The lowest BCUT2D eigenvalue weighted by Gasteiger charge is -2.26. The average Bonchev–Trinajstić information content (AvgIpc) is 2.78. The Balaban J connectivity index is 1.79. The van der Waals surface area contributed by atoms with Crippen molar-refractivity contribution in [3.8, 4) is 11.4 Å². The van der Waals surface area contributed by atoms with Gasteiger partial charge in [0.1, 0.15) is 5.82 Å². The van der Waals surface area contributed by atoms with Crippen molar-refractivity contribution in [2.45, 2.75) is 6.92 Å². The SMILES string of the molecule is Cc1cc(F)ccc1-n1cc(O)c(C(=O)NCC2CNC2)n1. The summed E-state index contributed by atoms with van der Waals surface area (Å²) in [7, 11) is 0. The summed E-state index contributed by atoms with van der Waals surface area (Å²) in [5.41, 5.74) is 1.24. The number of aromatic nitrogens is 2. The Hall–Kier alpha value is -2.41. The van der Waals surface area contributed by atoms with Crippen LogP contribution in [0.25, 0.3) is 5.69 Å². The molecule has 3 rings (SSSR count). The maximum atomic E-state index is 13.1. The van der Waals surface area contributed by atoms with Crippen molar-refractivity contribution in [1.82, 2.24) is 20.4 Å². The molecule has 2 heterocycles. The topological polar surface area (TPSA) is 79.2 Å². The van der Waals surface area contributed by atoms with E-state index in [1.165, 1.54) is 23.0 Å². The molecular weight excluding hydrogens is 287 g/mol. The van der Waals surface area contributed by atoms with Gasteiger partial charge in [-0.15, -0.1) is 0 Å². The van der Waals surface area contributed by atoms with Crippen LogP contribution in [0.15, 0.2) is 24.4 Å². The van der Waals surface area contributed by atoms with Gasteiger partial charge >= 0.3 is 0 Å². The number of benzene rings is 1. The molecule has 6 nitrogen and oxygen atoms in total. The summed E-state index contributed by atoms with van der Waals surface area (Å²) < 4.78 is 14.5. The molecule has 1 aromatic carbocycles. The first kappa shape index (κ1) is 14.5. The standard InChI is InChI=1S/C15H17FN4O2/c1-9-4-11(16)2-3-12(9)20-8-13(21)14(19-20)15(22)18-7-10-5-17-6-10/h2-4,8,10,17,21H,5-7H2,1H3,(H,18,22). The fraction of sp³-hybridized carbons (Fsp3) is 0.333. The molecule has 1 aromatic heterocycles. The minimum Gasteiger partial charge on any atom is -0.504 e. The average molecular weight is 304 g/mol. The lowest BCUT2D eigenvalue weighted by molar-refractivity contribution is 0.0934. The van der Waals surface area contributed by atoms with Crippen LogP contribution in [0.4, 0.5) is 4.39 Å². The first-order chi connectivity index (χ1) is 10.5.